The minimum atomic E-state index is -0.638. The molecule has 0 aliphatic heterocycles. The number of benzene rings is 4. The van der Waals surface area contributed by atoms with Crippen LogP contribution in [0.15, 0.2) is 103 Å². The van der Waals surface area contributed by atoms with Crippen molar-refractivity contribution >= 4 is 39.9 Å². The quantitative estimate of drug-likeness (QED) is 0.111. The first kappa shape index (κ1) is 34.5. The van der Waals surface area contributed by atoms with Gasteiger partial charge in [0.1, 0.15) is 23.9 Å². The van der Waals surface area contributed by atoms with Crippen LogP contribution in [0.2, 0.25) is 0 Å². The molecule has 0 radical (unpaired) electrons. The van der Waals surface area contributed by atoms with E-state index in [1.807, 2.05) is 108 Å². The molecule has 0 atom stereocenters. The van der Waals surface area contributed by atoms with Gasteiger partial charge in [-0.05, 0) is 71.3 Å². The third-order valence-electron chi connectivity index (χ3n) is 8.10. The molecular weight excluding hydrogens is 640 g/mol. The minimum Gasteiger partial charge on any atom is -0.492 e. The summed E-state index contributed by atoms with van der Waals surface area (Å²) in [6.45, 7) is 7.23. The first-order chi connectivity index (χ1) is 24.6. The predicted molar refractivity (Wildman–Crippen MR) is 203 cm³/mol. The Kier molecular flexibility index (Phi) is 10.2. The molecule has 2 amide bonds. The van der Waals surface area contributed by atoms with Crippen molar-refractivity contribution in [2.24, 2.45) is 0 Å². The molecule has 0 bridgehead atoms. The number of aryl methyl sites for hydroxylation is 1. The smallest absolute Gasteiger partial charge is 0.324 e. The van der Waals surface area contributed by atoms with Crippen molar-refractivity contribution in [2.75, 3.05) is 43.2 Å². The van der Waals surface area contributed by atoms with Gasteiger partial charge in [0.05, 0.1) is 22.5 Å². The van der Waals surface area contributed by atoms with Gasteiger partial charge < -0.3 is 25.0 Å². The summed E-state index contributed by atoms with van der Waals surface area (Å²) in [5.41, 5.74) is 3.31. The van der Waals surface area contributed by atoms with Gasteiger partial charge in [-0.15, -0.1) is 6.42 Å². The summed E-state index contributed by atoms with van der Waals surface area (Å²) in [5, 5.41) is 15.5. The number of rotatable bonds is 12. The van der Waals surface area contributed by atoms with Crippen molar-refractivity contribution in [3.05, 3.63) is 115 Å². The molecule has 51 heavy (non-hydrogen) atoms. The summed E-state index contributed by atoms with van der Waals surface area (Å²) in [7, 11) is 4.01. The Morgan fingerprint density at radius 2 is 1.73 bits per heavy atom. The zero-order chi connectivity index (χ0) is 36.0. The van der Waals surface area contributed by atoms with Crippen LogP contribution in [0, 0.1) is 19.3 Å². The van der Waals surface area contributed by atoms with E-state index in [4.69, 9.17) is 21.0 Å². The summed E-state index contributed by atoms with van der Waals surface area (Å²) in [5.74, 6) is 5.30. The zero-order valence-electron chi connectivity index (χ0n) is 29.3. The van der Waals surface area contributed by atoms with E-state index in [-0.39, 0.29) is 0 Å². The Labute approximate surface area is 297 Å². The van der Waals surface area contributed by atoms with Crippen molar-refractivity contribution in [1.29, 1.82) is 0 Å². The van der Waals surface area contributed by atoms with Crippen LogP contribution < -0.4 is 25.4 Å². The number of likely N-dealkylation sites (N-methyl/N-ethyl adjacent to an activating group) is 1. The highest BCUT2D eigenvalue weighted by Crippen LogP contribution is 2.35. The van der Waals surface area contributed by atoms with Crippen LogP contribution in [0.1, 0.15) is 25.1 Å². The molecule has 4 aromatic carbocycles. The predicted octanol–water partition coefficient (Wildman–Crippen LogP) is 8.16. The lowest BCUT2D eigenvalue weighted by Gasteiger charge is -2.14. The van der Waals surface area contributed by atoms with E-state index in [1.54, 1.807) is 35.1 Å². The van der Waals surface area contributed by atoms with E-state index >= 15 is 0 Å². The zero-order valence-corrected chi connectivity index (χ0v) is 29.3. The monoisotopic (exact) mass is 680 g/mol. The molecule has 0 saturated carbocycles. The highest BCUT2D eigenvalue weighted by molar-refractivity contribution is 6.07. The molecule has 3 N–H and O–H groups in total. The fraction of sp³-hybridized carbons (Fsp3) is 0.200. The number of hydrogen-bond acceptors (Lipinski definition) is 8. The van der Waals surface area contributed by atoms with E-state index < -0.39 is 11.4 Å². The molecule has 0 aliphatic carbocycles. The number of carbonyl (C=O) groups is 1. The summed E-state index contributed by atoms with van der Waals surface area (Å²) in [4.78, 5) is 24.5. The maximum atomic E-state index is 13.5. The average molecular weight is 681 g/mol. The summed E-state index contributed by atoms with van der Waals surface area (Å²) < 4.78 is 13.8. The maximum Gasteiger partial charge on any atom is 0.324 e. The molecule has 0 fully saturated rings. The van der Waals surface area contributed by atoms with Crippen molar-refractivity contribution in [3.8, 4) is 35.4 Å². The van der Waals surface area contributed by atoms with Crippen molar-refractivity contribution < 1.29 is 14.3 Å². The first-order valence-corrected chi connectivity index (χ1v) is 16.5. The number of amides is 2. The number of fused-ring (bicyclic) bond motifs is 1. The molecule has 0 unspecified atom stereocenters. The molecule has 0 spiro atoms. The maximum absolute atomic E-state index is 13.5. The van der Waals surface area contributed by atoms with Crippen LogP contribution in [-0.4, -0.2) is 57.9 Å². The largest absolute Gasteiger partial charge is 0.492 e. The van der Waals surface area contributed by atoms with Gasteiger partial charge >= 0.3 is 6.03 Å². The highest BCUT2D eigenvalue weighted by atomic mass is 16.5. The van der Waals surface area contributed by atoms with E-state index in [0.717, 1.165) is 40.0 Å². The number of nitrogens with zero attached hydrogens (tertiary/aromatic N) is 5. The Morgan fingerprint density at radius 3 is 2.49 bits per heavy atom. The topological polar surface area (TPSA) is 118 Å². The van der Waals surface area contributed by atoms with Crippen LogP contribution in [0.3, 0.4) is 0 Å². The molecule has 0 aliphatic rings. The molecular formula is C40H40N8O3. The second kappa shape index (κ2) is 15.0. The fourth-order valence-electron chi connectivity index (χ4n) is 5.18. The molecule has 6 aromatic rings. The Hall–Kier alpha value is -6.38. The van der Waals surface area contributed by atoms with Crippen LogP contribution in [0.5, 0.6) is 17.4 Å². The highest BCUT2D eigenvalue weighted by Gasteiger charge is 2.24. The number of carbonyl (C=O) groups excluding carboxylic acids is 1. The molecule has 0 saturated heterocycles. The third-order valence-corrected chi connectivity index (χ3v) is 8.10. The van der Waals surface area contributed by atoms with Crippen LogP contribution in [0.4, 0.5) is 27.9 Å². The van der Waals surface area contributed by atoms with Crippen molar-refractivity contribution in [1.82, 2.24) is 24.6 Å². The second-order valence-corrected chi connectivity index (χ2v) is 12.8. The van der Waals surface area contributed by atoms with Gasteiger partial charge in [0, 0.05) is 47.4 Å². The average Bonchev–Trinajstić information content (AvgIpc) is 3.54. The Bertz CT molecular complexity index is 2200. The van der Waals surface area contributed by atoms with Crippen molar-refractivity contribution in [2.45, 2.75) is 26.2 Å². The summed E-state index contributed by atoms with van der Waals surface area (Å²) in [6, 6.07) is 29.8. The molecule has 11 heteroatoms. The number of ether oxygens (including phenoxy) is 2. The molecule has 11 nitrogen and oxygen atoms in total. The third kappa shape index (κ3) is 8.44. The number of aromatic nitrogens is 4. The summed E-state index contributed by atoms with van der Waals surface area (Å²) >= 11 is 0. The Morgan fingerprint density at radius 1 is 0.941 bits per heavy atom. The van der Waals surface area contributed by atoms with Gasteiger partial charge in [0.15, 0.2) is 0 Å². The lowest BCUT2D eigenvalue weighted by molar-refractivity contribution is 0.261. The second-order valence-electron chi connectivity index (χ2n) is 12.8. The number of anilines is 4. The SMILES string of the molecule is C#CC(C)(C)c1cc(NC(=O)Nc2ccc(Oc3ccnc(Nc4cccc(OCCN(C)C)c4)n3)c3ccccc23)n(-c2ccc(C)cc2)n1. The van der Waals surface area contributed by atoms with Gasteiger partial charge in [-0.3, -0.25) is 5.32 Å². The van der Waals surface area contributed by atoms with Crippen LogP contribution in [-0.2, 0) is 5.41 Å². The summed E-state index contributed by atoms with van der Waals surface area (Å²) in [6.07, 6.45) is 7.44. The van der Waals surface area contributed by atoms with E-state index in [9.17, 15) is 4.79 Å². The van der Waals surface area contributed by atoms with E-state index in [0.29, 0.717) is 41.4 Å². The van der Waals surface area contributed by atoms with Gasteiger partial charge in [0.2, 0.25) is 11.8 Å². The standard InChI is InChI=1S/C40H40N8O3/c1-7-40(3,4)35-26-36(48(46-35)29-17-15-27(2)16-18-29)44-39(49)43-33-19-20-34(32-14-9-8-13-31(32)33)51-37-21-22-41-38(45-37)42-28-11-10-12-30(25-28)50-24-23-47(5)6/h1,8-22,25-26H,23-24H2,2-6H3,(H,41,42,45)(H2,43,44,49). The fourth-order valence-corrected chi connectivity index (χ4v) is 5.18. The van der Waals surface area contributed by atoms with Crippen LogP contribution >= 0.6 is 0 Å². The number of nitrogens with one attached hydrogen (secondary N) is 3. The van der Waals surface area contributed by atoms with E-state index in [1.165, 1.54) is 0 Å². The molecule has 258 valence electrons. The molecule has 2 aromatic heterocycles. The molecule has 2 heterocycles. The van der Waals surface area contributed by atoms with Gasteiger partial charge in [-0.1, -0.05) is 53.9 Å². The van der Waals surface area contributed by atoms with Gasteiger partial charge in [0.25, 0.3) is 0 Å². The number of hydrogen-bond donors (Lipinski definition) is 3. The normalized spacial score (nSPS) is 11.2. The first-order valence-electron chi connectivity index (χ1n) is 16.5. The van der Waals surface area contributed by atoms with Gasteiger partial charge in [-0.2, -0.15) is 10.1 Å². The number of terminal acetylenes is 1. The minimum absolute atomic E-state index is 0.351. The lowest BCUT2D eigenvalue weighted by Crippen LogP contribution is -2.21. The molecule has 6 rings (SSSR count). The number of urea groups is 1. The van der Waals surface area contributed by atoms with Crippen molar-refractivity contribution in [3.63, 3.8) is 0 Å². The van der Waals surface area contributed by atoms with Crippen LogP contribution in [0.25, 0.3) is 16.5 Å². The van der Waals surface area contributed by atoms with E-state index in [2.05, 4.69) is 36.7 Å². The Balaban J connectivity index is 1.19. The lowest BCUT2D eigenvalue weighted by atomic mass is 9.91. The van der Waals surface area contributed by atoms with Gasteiger partial charge in [-0.25, -0.2) is 14.5 Å².